The molecule has 0 spiro atoms. The molecule has 2 heterocycles. The third-order valence-corrected chi connectivity index (χ3v) is 7.20. The van der Waals surface area contributed by atoms with Gasteiger partial charge in [-0.1, -0.05) is 42.0 Å². The van der Waals surface area contributed by atoms with Gasteiger partial charge in [-0.15, -0.1) is 0 Å². The number of benzene rings is 2. The molecule has 2 aromatic carbocycles. The van der Waals surface area contributed by atoms with Gasteiger partial charge in [-0.05, 0) is 68.7 Å². The lowest BCUT2D eigenvalue weighted by molar-refractivity contribution is -0.122. The van der Waals surface area contributed by atoms with Crippen molar-refractivity contribution >= 4 is 23.4 Å². The Kier molecular flexibility index (Phi) is 6.48. The smallest absolute Gasteiger partial charge is 0.256 e. The first-order chi connectivity index (χ1) is 16.6. The molecular weight excluding hydrogens is 426 g/mol. The van der Waals surface area contributed by atoms with Crippen LogP contribution in [-0.4, -0.2) is 41.8 Å². The molecule has 176 valence electrons. The van der Waals surface area contributed by atoms with Gasteiger partial charge in [-0.25, -0.2) is 0 Å². The van der Waals surface area contributed by atoms with Gasteiger partial charge in [-0.2, -0.15) is 0 Å². The summed E-state index contributed by atoms with van der Waals surface area (Å²) < 4.78 is 0. The van der Waals surface area contributed by atoms with Crippen molar-refractivity contribution in [3.8, 4) is 0 Å². The van der Waals surface area contributed by atoms with Crippen LogP contribution in [0.3, 0.4) is 0 Å². The molecule has 0 saturated carbocycles. The molecule has 1 aliphatic carbocycles. The van der Waals surface area contributed by atoms with Gasteiger partial charge in [0.25, 0.3) is 11.8 Å². The van der Waals surface area contributed by atoms with Crippen LogP contribution in [0.15, 0.2) is 60.2 Å². The van der Waals surface area contributed by atoms with Gasteiger partial charge in [0.2, 0.25) is 5.91 Å². The van der Waals surface area contributed by atoms with E-state index < -0.39 is 6.04 Å². The van der Waals surface area contributed by atoms with Gasteiger partial charge < -0.3 is 15.1 Å². The molecule has 3 amide bonds. The van der Waals surface area contributed by atoms with E-state index in [2.05, 4.69) is 11.4 Å². The predicted octanol–water partition coefficient (Wildman–Crippen LogP) is 4.46. The quantitative estimate of drug-likeness (QED) is 0.651. The average Bonchev–Trinajstić information content (AvgIpc) is 3.35. The largest absolute Gasteiger partial charge is 0.352 e. The molecule has 0 unspecified atom stereocenters. The van der Waals surface area contributed by atoms with Crippen LogP contribution in [0.1, 0.15) is 71.2 Å². The topological polar surface area (TPSA) is 69.7 Å². The number of nitrogens with zero attached hydrogens (tertiary/aromatic N) is 2. The second kappa shape index (κ2) is 9.84. The Morgan fingerprint density at radius 2 is 1.82 bits per heavy atom. The molecule has 34 heavy (non-hydrogen) atoms. The number of carbonyl (C=O) groups is 3. The number of hydrogen-bond acceptors (Lipinski definition) is 3. The molecule has 0 aromatic heterocycles. The summed E-state index contributed by atoms with van der Waals surface area (Å²) in [6.45, 7) is 1.46. The number of carbonyl (C=O) groups excluding carboxylic acids is 3. The third kappa shape index (κ3) is 4.37. The molecule has 5 rings (SSSR count). The van der Waals surface area contributed by atoms with E-state index in [0.29, 0.717) is 36.3 Å². The first kappa shape index (κ1) is 22.4. The lowest BCUT2D eigenvalue weighted by Gasteiger charge is -2.26. The molecule has 2 aliphatic heterocycles. The van der Waals surface area contributed by atoms with Crippen LogP contribution in [0.2, 0.25) is 0 Å². The summed E-state index contributed by atoms with van der Waals surface area (Å²) in [7, 11) is 0. The van der Waals surface area contributed by atoms with Gasteiger partial charge in [0.1, 0.15) is 6.04 Å². The summed E-state index contributed by atoms with van der Waals surface area (Å²) >= 11 is 0. The van der Waals surface area contributed by atoms with Gasteiger partial charge in [0.05, 0.1) is 17.8 Å². The summed E-state index contributed by atoms with van der Waals surface area (Å²) in [5.74, 6) is -0.284. The zero-order valence-corrected chi connectivity index (χ0v) is 19.5. The number of para-hydroxylation sites is 1. The van der Waals surface area contributed by atoms with Gasteiger partial charge in [0, 0.05) is 18.7 Å². The van der Waals surface area contributed by atoms with Crippen molar-refractivity contribution in [2.45, 2.75) is 57.5 Å². The maximum absolute atomic E-state index is 13.6. The summed E-state index contributed by atoms with van der Waals surface area (Å²) in [4.78, 5) is 43.2. The van der Waals surface area contributed by atoms with Crippen molar-refractivity contribution in [1.29, 1.82) is 0 Å². The van der Waals surface area contributed by atoms with Crippen LogP contribution < -0.4 is 10.2 Å². The van der Waals surface area contributed by atoms with Crippen LogP contribution in [0.4, 0.5) is 5.69 Å². The highest BCUT2D eigenvalue weighted by Crippen LogP contribution is 2.33. The summed E-state index contributed by atoms with van der Waals surface area (Å²) in [5, 5.41) is 3.07. The Hall–Kier alpha value is -3.41. The van der Waals surface area contributed by atoms with Gasteiger partial charge >= 0.3 is 0 Å². The first-order valence-corrected chi connectivity index (χ1v) is 12.4. The van der Waals surface area contributed by atoms with Crippen LogP contribution >= 0.6 is 0 Å². The van der Waals surface area contributed by atoms with Crippen LogP contribution in [0.5, 0.6) is 0 Å². The van der Waals surface area contributed by atoms with Crippen molar-refractivity contribution < 1.29 is 14.4 Å². The minimum atomic E-state index is -0.440. The Labute approximate surface area is 200 Å². The highest BCUT2D eigenvalue weighted by molar-refractivity contribution is 6.11. The zero-order valence-electron chi connectivity index (χ0n) is 19.5. The second-order valence-electron chi connectivity index (χ2n) is 9.37. The van der Waals surface area contributed by atoms with Crippen LogP contribution in [0, 0.1) is 0 Å². The van der Waals surface area contributed by atoms with E-state index >= 15 is 0 Å². The van der Waals surface area contributed by atoms with Gasteiger partial charge in [0.15, 0.2) is 0 Å². The molecular formula is C28H31N3O3. The number of amides is 3. The summed E-state index contributed by atoms with van der Waals surface area (Å²) in [6.07, 6.45) is 9.44. The maximum Gasteiger partial charge on any atom is 0.256 e. The maximum atomic E-state index is 13.6. The number of nitrogens with one attached hydrogen (secondary N) is 1. The van der Waals surface area contributed by atoms with E-state index in [1.54, 1.807) is 15.9 Å². The lowest BCUT2D eigenvalue weighted by atomic mass is 9.97. The summed E-state index contributed by atoms with van der Waals surface area (Å²) in [6, 6.07) is 14.3. The Morgan fingerprint density at radius 3 is 2.68 bits per heavy atom. The fourth-order valence-electron chi connectivity index (χ4n) is 5.39. The normalized spacial score (nSPS) is 19.9. The van der Waals surface area contributed by atoms with E-state index in [0.717, 1.165) is 31.2 Å². The average molecular weight is 458 g/mol. The summed E-state index contributed by atoms with van der Waals surface area (Å²) in [5.41, 5.74) is 3.94. The number of allylic oxidation sites excluding steroid dienone is 1. The minimum absolute atomic E-state index is 0.0738. The van der Waals surface area contributed by atoms with Crippen molar-refractivity contribution in [1.82, 2.24) is 10.2 Å². The Bertz CT molecular complexity index is 1140. The fourth-order valence-corrected chi connectivity index (χ4v) is 5.39. The number of anilines is 1. The van der Waals surface area contributed by atoms with E-state index in [1.165, 1.54) is 18.4 Å². The highest BCUT2D eigenvalue weighted by atomic mass is 16.2. The lowest BCUT2D eigenvalue weighted by Crippen LogP contribution is -2.44. The Morgan fingerprint density at radius 1 is 1.00 bits per heavy atom. The van der Waals surface area contributed by atoms with Gasteiger partial charge in [-0.3, -0.25) is 14.4 Å². The van der Waals surface area contributed by atoms with Crippen LogP contribution in [0.25, 0.3) is 0 Å². The zero-order chi connectivity index (χ0) is 23.5. The molecule has 1 atom stereocenters. The standard InChI is InChI=1S/C28H31N3O3/c32-26(29-17-16-20-9-2-1-3-10-20)22-12-5-4-11-21(22)19-31-24-14-7-6-13-23(24)27(33)30-18-8-15-25(30)28(31)34/h4-7,9,11-14,25H,1-3,8,10,15-19H2,(H,29,32)/t25-/m0/s1. The van der Waals surface area contributed by atoms with Crippen molar-refractivity contribution in [2.24, 2.45) is 0 Å². The molecule has 6 nitrogen and oxygen atoms in total. The molecule has 6 heteroatoms. The SMILES string of the molecule is O=C(NCCC1=CCCCC1)c1ccccc1CN1C(=O)[C@@H]2CCCN2C(=O)c2ccccc21. The number of rotatable bonds is 6. The van der Waals surface area contributed by atoms with E-state index in [4.69, 9.17) is 0 Å². The van der Waals surface area contributed by atoms with Crippen molar-refractivity contribution in [3.63, 3.8) is 0 Å². The Balaban J connectivity index is 1.38. The van der Waals surface area contributed by atoms with Crippen LogP contribution in [-0.2, 0) is 11.3 Å². The molecule has 0 radical (unpaired) electrons. The monoisotopic (exact) mass is 457 g/mol. The third-order valence-electron chi connectivity index (χ3n) is 7.20. The highest BCUT2D eigenvalue weighted by Gasteiger charge is 2.42. The van der Waals surface area contributed by atoms with Crippen molar-refractivity contribution in [2.75, 3.05) is 18.0 Å². The number of hydrogen-bond donors (Lipinski definition) is 1. The minimum Gasteiger partial charge on any atom is -0.352 e. The number of fused-ring (bicyclic) bond motifs is 2. The second-order valence-corrected chi connectivity index (χ2v) is 9.37. The molecule has 1 N–H and O–H groups in total. The van der Waals surface area contributed by atoms with E-state index in [-0.39, 0.29) is 24.3 Å². The van der Waals surface area contributed by atoms with Crippen molar-refractivity contribution in [3.05, 3.63) is 76.9 Å². The predicted molar refractivity (Wildman–Crippen MR) is 132 cm³/mol. The van der Waals surface area contributed by atoms with E-state index in [9.17, 15) is 14.4 Å². The molecule has 1 fully saturated rings. The molecule has 2 aromatic rings. The molecule has 0 bridgehead atoms. The first-order valence-electron chi connectivity index (χ1n) is 12.4. The fraction of sp³-hybridized carbons (Fsp3) is 0.393. The molecule has 3 aliphatic rings. The van der Waals surface area contributed by atoms with E-state index in [1.807, 2.05) is 42.5 Å². The molecule has 1 saturated heterocycles.